The summed E-state index contributed by atoms with van der Waals surface area (Å²) in [5.74, 6) is -0.0844. The lowest BCUT2D eigenvalue weighted by atomic mass is 10.3. The van der Waals surface area contributed by atoms with Crippen LogP contribution in [0.4, 0.5) is 17.1 Å². The number of carbonyl (C=O) groups is 1. The Bertz CT molecular complexity index is 1650. The Morgan fingerprint density at radius 3 is 1.95 bits per heavy atom. The Morgan fingerprint density at radius 2 is 1.36 bits per heavy atom. The number of halogens is 1. The molecule has 202 valence electrons. The van der Waals surface area contributed by atoms with Crippen molar-refractivity contribution in [3.63, 3.8) is 0 Å². The molecule has 4 aromatic rings. The fraction of sp³-hybridized carbons (Fsp3) is 0.0741. The third kappa shape index (κ3) is 6.96. The second kappa shape index (κ2) is 11.9. The summed E-state index contributed by atoms with van der Waals surface area (Å²) in [6.07, 6.45) is 0. The number of rotatable bonds is 10. The van der Waals surface area contributed by atoms with Crippen LogP contribution in [0.2, 0.25) is 0 Å². The normalized spacial score (nSPS) is 11.4. The molecule has 1 amide bonds. The Hall–Kier alpha value is -3.87. The number of nitrogens with zero attached hydrogens (tertiary/aromatic N) is 1. The van der Waals surface area contributed by atoms with Gasteiger partial charge >= 0.3 is 0 Å². The number of hydrogen-bond acceptors (Lipinski definition) is 6. The Balaban J connectivity index is 1.52. The first-order valence-corrected chi connectivity index (χ1v) is 15.2. The second-order valence-corrected chi connectivity index (χ2v) is 12.7. The van der Waals surface area contributed by atoms with Crippen LogP contribution in [0.5, 0.6) is 5.75 Å². The van der Waals surface area contributed by atoms with E-state index >= 15 is 0 Å². The molecule has 4 aromatic carbocycles. The molecule has 0 aliphatic rings. The van der Waals surface area contributed by atoms with Gasteiger partial charge in [0.25, 0.3) is 20.0 Å². The zero-order valence-corrected chi connectivity index (χ0v) is 23.8. The van der Waals surface area contributed by atoms with E-state index in [0.29, 0.717) is 17.1 Å². The quantitative estimate of drug-likeness (QED) is 0.252. The van der Waals surface area contributed by atoms with E-state index in [1.807, 2.05) is 0 Å². The van der Waals surface area contributed by atoms with Gasteiger partial charge in [-0.1, -0.05) is 34.1 Å². The van der Waals surface area contributed by atoms with Crippen molar-refractivity contribution in [1.29, 1.82) is 0 Å². The largest absolute Gasteiger partial charge is 0.497 e. The highest BCUT2D eigenvalue weighted by Gasteiger charge is 2.27. The third-order valence-corrected chi connectivity index (χ3v) is 9.24. The van der Waals surface area contributed by atoms with Crippen molar-refractivity contribution in [3.8, 4) is 5.75 Å². The summed E-state index contributed by atoms with van der Waals surface area (Å²) < 4.78 is 61.8. The first-order valence-electron chi connectivity index (χ1n) is 11.5. The lowest BCUT2D eigenvalue weighted by Crippen LogP contribution is -2.38. The minimum Gasteiger partial charge on any atom is -0.497 e. The SMILES string of the molecule is COc1ccc(N(CC(=O)Nc2ccc(S(=O)(=O)Nc3ccc(Br)cc3)cc2)S(=O)(=O)c2ccccc2)cc1. The summed E-state index contributed by atoms with van der Waals surface area (Å²) in [5.41, 5.74) is 0.971. The zero-order chi connectivity index (χ0) is 28.0. The molecular formula is C27H24BrN3O6S2. The van der Waals surface area contributed by atoms with Gasteiger partial charge in [0, 0.05) is 15.8 Å². The molecule has 0 saturated carbocycles. The second-order valence-electron chi connectivity index (χ2n) is 8.21. The van der Waals surface area contributed by atoms with E-state index < -0.39 is 32.5 Å². The number of hydrogen-bond donors (Lipinski definition) is 2. The van der Waals surface area contributed by atoms with Crippen molar-refractivity contribution in [3.05, 3.63) is 108 Å². The number of benzene rings is 4. The standard InChI is InChI=1S/C27H24BrN3O6S2/c1-37-24-15-13-23(14-16-24)31(39(35,36)26-5-3-2-4-6-26)19-27(32)29-21-11-17-25(18-12-21)38(33,34)30-22-9-7-20(28)8-10-22/h2-18,30H,19H2,1H3,(H,29,32). The highest BCUT2D eigenvalue weighted by Crippen LogP contribution is 2.26. The van der Waals surface area contributed by atoms with Crippen molar-refractivity contribution in [2.75, 3.05) is 28.0 Å². The number of methoxy groups -OCH3 is 1. The summed E-state index contributed by atoms with van der Waals surface area (Å²) >= 11 is 3.30. The smallest absolute Gasteiger partial charge is 0.264 e. The van der Waals surface area contributed by atoms with Gasteiger partial charge in [-0.05, 0) is 84.9 Å². The first kappa shape index (κ1) is 28.1. The van der Waals surface area contributed by atoms with E-state index in [4.69, 9.17) is 4.74 Å². The van der Waals surface area contributed by atoms with Gasteiger partial charge in [-0.3, -0.25) is 13.8 Å². The topological polar surface area (TPSA) is 122 Å². The van der Waals surface area contributed by atoms with Gasteiger partial charge in [0.1, 0.15) is 12.3 Å². The molecule has 0 aliphatic heterocycles. The van der Waals surface area contributed by atoms with Gasteiger partial charge in [0.15, 0.2) is 0 Å². The molecule has 9 nitrogen and oxygen atoms in total. The van der Waals surface area contributed by atoms with Gasteiger partial charge in [-0.2, -0.15) is 0 Å². The van der Waals surface area contributed by atoms with Crippen molar-refractivity contribution in [2.45, 2.75) is 9.79 Å². The molecule has 12 heteroatoms. The van der Waals surface area contributed by atoms with Crippen LogP contribution in [0.25, 0.3) is 0 Å². The highest BCUT2D eigenvalue weighted by atomic mass is 79.9. The van der Waals surface area contributed by atoms with Gasteiger partial charge in [0.2, 0.25) is 5.91 Å². The summed E-state index contributed by atoms with van der Waals surface area (Å²) in [4.78, 5) is 13.0. The van der Waals surface area contributed by atoms with Crippen molar-refractivity contribution in [2.24, 2.45) is 0 Å². The minimum absolute atomic E-state index is 0.00469. The number of sulfonamides is 2. The Morgan fingerprint density at radius 1 is 0.769 bits per heavy atom. The van der Waals surface area contributed by atoms with Gasteiger partial charge < -0.3 is 10.1 Å². The van der Waals surface area contributed by atoms with E-state index in [9.17, 15) is 21.6 Å². The number of ether oxygens (including phenoxy) is 1. The summed E-state index contributed by atoms with van der Waals surface area (Å²) in [6, 6.07) is 26.3. The molecule has 0 radical (unpaired) electrons. The molecule has 0 atom stereocenters. The van der Waals surface area contributed by atoms with E-state index in [1.165, 1.54) is 43.5 Å². The molecule has 39 heavy (non-hydrogen) atoms. The fourth-order valence-corrected chi connectivity index (χ4v) is 6.33. The Labute approximate surface area is 235 Å². The van der Waals surface area contributed by atoms with E-state index in [1.54, 1.807) is 66.7 Å². The molecule has 2 N–H and O–H groups in total. The average molecular weight is 631 g/mol. The van der Waals surface area contributed by atoms with Crippen LogP contribution < -0.4 is 19.1 Å². The predicted octanol–water partition coefficient (Wildman–Crippen LogP) is 5.09. The van der Waals surface area contributed by atoms with Crippen LogP contribution in [0, 0.1) is 0 Å². The lowest BCUT2D eigenvalue weighted by Gasteiger charge is -2.24. The van der Waals surface area contributed by atoms with Crippen LogP contribution >= 0.6 is 15.9 Å². The molecule has 0 spiro atoms. The number of nitrogens with one attached hydrogen (secondary N) is 2. The van der Waals surface area contributed by atoms with Crippen LogP contribution in [-0.4, -0.2) is 36.4 Å². The van der Waals surface area contributed by atoms with E-state index in [0.717, 1.165) is 8.78 Å². The van der Waals surface area contributed by atoms with E-state index in [2.05, 4.69) is 26.0 Å². The predicted molar refractivity (Wildman–Crippen MR) is 154 cm³/mol. The highest BCUT2D eigenvalue weighted by molar-refractivity contribution is 9.10. The minimum atomic E-state index is -4.08. The van der Waals surface area contributed by atoms with Crippen LogP contribution in [-0.2, 0) is 24.8 Å². The van der Waals surface area contributed by atoms with Crippen molar-refractivity contribution < 1.29 is 26.4 Å². The zero-order valence-electron chi connectivity index (χ0n) is 20.6. The van der Waals surface area contributed by atoms with Crippen LogP contribution in [0.15, 0.2) is 117 Å². The molecule has 0 unspecified atom stereocenters. The molecule has 0 aromatic heterocycles. The molecular weight excluding hydrogens is 606 g/mol. The Kier molecular flexibility index (Phi) is 8.58. The van der Waals surface area contributed by atoms with Gasteiger partial charge in [0.05, 0.1) is 22.6 Å². The van der Waals surface area contributed by atoms with Crippen molar-refractivity contribution in [1.82, 2.24) is 0 Å². The maximum atomic E-state index is 13.4. The lowest BCUT2D eigenvalue weighted by molar-refractivity contribution is -0.114. The van der Waals surface area contributed by atoms with E-state index in [-0.39, 0.29) is 15.5 Å². The maximum absolute atomic E-state index is 13.4. The molecule has 0 heterocycles. The molecule has 0 bridgehead atoms. The van der Waals surface area contributed by atoms with Crippen LogP contribution in [0.1, 0.15) is 0 Å². The molecule has 4 rings (SSSR count). The summed E-state index contributed by atoms with van der Waals surface area (Å²) in [5, 5.41) is 2.63. The van der Waals surface area contributed by atoms with Crippen LogP contribution in [0.3, 0.4) is 0 Å². The summed E-state index contributed by atoms with van der Waals surface area (Å²) in [7, 11) is -6.44. The summed E-state index contributed by atoms with van der Waals surface area (Å²) in [6.45, 7) is -0.519. The molecule has 0 saturated heterocycles. The van der Waals surface area contributed by atoms with Gasteiger partial charge in [-0.15, -0.1) is 0 Å². The van der Waals surface area contributed by atoms with Crippen molar-refractivity contribution >= 4 is 58.9 Å². The molecule has 0 fully saturated rings. The number of anilines is 3. The first-order chi connectivity index (χ1) is 18.6. The molecule has 0 aliphatic carbocycles. The number of carbonyl (C=O) groups excluding carboxylic acids is 1. The third-order valence-electron chi connectivity index (χ3n) is 5.52. The monoisotopic (exact) mass is 629 g/mol. The average Bonchev–Trinajstić information content (AvgIpc) is 2.94. The van der Waals surface area contributed by atoms with Gasteiger partial charge in [-0.25, -0.2) is 16.8 Å². The number of amides is 1. The maximum Gasteiger partial charge on any atom is 0.264 e. The fourth-order valence-electron chi connectivity index (χ4n) is 3.56.